The van der Waals surface area contributed by atoms with Gasteiger partial charge in [0, 0.05) is 31.9 Å². The van der Waals surface area contributed by atoms with Gasteiger partial charge in [-0.05, 0) is 56.0 Å². The van der Waals surface area contributed by atoms with E-state index in [1.807, 2.05) is 0 Å². The zero-order chi connectivity index (χ0) is 20.6. The maximum atomic E-state index is 13.9. The van der Waals surface area contributed by atoms with Crippen molar-refractivity contribution in [1.82, 2.24) is 4.90 Å². The van der Waals surface area contributed by atoms with E-state index >= 15 is 0 Å². The van der Waals surface area contributed by atoms with Crippen LogP contribution in [0.1, 0.15) is 24.0 Å². The number of hydrogen-bond donors (Lipinski definition) is 1. The Morgan fingerprint density at radius 2 is 1.66 bits per heavy atom. The number of benzene rings is 2. The first-order chi connectivity index (χ1) is 13.9. The summed E-state index contributed by atoms with van der Waals surface area (Å²) in [4.78, 5) is 30.0. The smallest absolute Gasteiger partial charge is 0.240 e. The van der Waals surface area contributed by atoms with Crippen LogP contribution in [0, 0.1) is 25.1 Å². The Labute approximate surface area is 170 Å². The highest BCUT2D eigenvalue weighted by Crippen LogP contribution is 2.48. The normalized spacial score (nSPS) is 17.8. The highest BCUT2D eigenvalue weighted by molar-refractivity contribution is 6.13. The third-order valence-corrected chi connectivity index (χ3v) is 6.20. The van der Waals surface area contributed by atoms with Crippen LogP contribution >= 0.6 is 0 Å². The number of anilines is 2. The summed E-state index contributed by atoms with van der Waals surface area (Å²) >= 11 is 0. The molecule has 1 saturated carbocycles. The Hall–Kier alpha value is -2.89. The highest BCUT2D eigenvalue weighted by Gasteiger charge is 2.58. The predicted octanol–water partition coefficient (Wildman–Crippen LogP) is 3.51. The van der Waals surface area contributed by atoms with Gasteiger partial charge >= 0.3 is 0 Å². The van der Waals surface area contributed by atoms with Crippen LogP contribution in [0.15, 0.2) is 42.5 Å². The number of hydrogen-bond acceptors (Lipinski definition) is 3. The van der Waals surface area contributed by atoms with Gasteiger partial charge in [-0.15, -0.1) is 0 Å². The van der Waals surface area contributed by atoms with E-state index in [-0.39, 0.29) is 11.6 Å². The number of halogens is 1. The number of carbonyl (C=O) groups is 2. The van der Waals surface area contributed by atoms with Crippen molar-refractivity contribution in [2.45, 2.75) is 26.7 Å². The van der Waals surface area contributed by atoms with Crippen LogP contribution < -0.4 is 10.2 Å². The first-order valence-electron chi connectivity index (χ1n) is 10.1. The van der Waals surface area contributed by atoms with E-state index in [9.17, 15) is 14.0 Å². The van der Waals surface area contributed by atoms with Crippen molar-refractivity contribution in [3.8, 4) is 0 Å². The first kappa shape index (κ1) is 19.4. The van der Waals surface area contributed by atoms with Crippen LogP contribution in [-0.4, -0.2) is 42.9 Å². The van der Waals surface area contributed by atoms with Crippen LogP contribution in [0.3, 0.4) is 0 Å². The van der Waals surface area contributed by atoms with E-state index in [2.05, 4.69) is 42.3 Å². The molecule has 0 spiro atoms. The maximum Gasteiger partial charge on any atom is 0.240 e. The first-order valence-corrected chi connectivity index (χ1v) is 10.1. The summed E-state index contributed by atoms with van der Waals surface area (Å²) in [6.45, 7) is 6.86. The lowest BCUT2D eigenvalue weighted by Gasteiger charge is -2.38. The Morgan fingerprint density at radius 3 is 2.31 bits per heavy atom. The van der Waals surface area contributed by atoms with Gasteiger partial charge in [-0.25, -0.2) is 4.39 Å². The minimum atomic E-state index is -1.04. The number of nitrogens with zero attached hydrogens (tertiary/aromatic N) is 2. The molecule has 1 saturated heterocycles. The molecule has 2 aromatic carbocycles. The molecule has 0 radical (unpaired) electrons. The zero-order valence-corrected chi connectivity index (χ0v) is 16.9. The van der Waals surface area contributed by atoms with Gasteiger partial charge in [-0.3, -0.25) is 9.59 Å². The molecule has 0 aromatic heterocycles. The maximum absolute atomic E-state index is 13.9. The molecular formula is C23H26FN3O2. The number of amides is 2. The van der Waals surface area contributed by atoms with Crippen molar-refractivity contribution in [2.75, 3.05) is 36.4 Å². The topological polar surface area (TPSA) is 52.7 Å². The van der Waals surface area contributed by atoms with Crippen molar-refractivity contribution >= 4 is 23.2 Å². The van der Waals surface area contributed by atoms with E-state index in [0.717, 1.165) is 13.1 Å². The van der Waals surface area contributed by atoms with Gasteiger partial charge in [-0.1, -0.05) is 24.3 Å². The third-order valence-electron chi connectivity index (χ3n) is 6.20. The lowest BCUT2D eigenvalue weighted by molar-refractivity contribution is -0.142. The number of para-hydroxylation sites is 1. The van der Waals surface area contributed by atoms with E-state index in [4.69, 9.17) is 0 Å². The molecule has 2 fully saturated rings. The second-order valence-electron chi connectivity index (χ2n) is 8.01. The molecule has 1 aliphatic heterocycles. The van der Waals surface area contributed by atoms with Crippen LogP contribution in [0.5, 0.6) is 0 Å². The summed E-state index contributed by atoms with van der Waals surface area (Å²) in [5, 5.41) is 2.61. The van der Waals surface area contributed by atoms with Gasteiger partial charge in [0.05, 0.1) is 5.69 Å². The summed E-state index contributed by atoms with van der Waals surface area (Å²) < 4.78 is 13.9. The fourth-order valence-corrected chi connectivity index (χ4v) is 4.00. The van der Waals surface area contributed by atoms with Crippen molar-refractivity contribution in [3.63, 3.8) is 0 Å². The number of piperazine rings is 1. The summed E-state index contributed by atoms with van der Waals surface area (Å²) in [6.07, 6.45) is 1.03. The van der Waals surface area contributed by atoms with Crippen LogP contribution in [0.2, 0.25) is 0 Å². The number of carbonyl (C=O) groups excluding carboxylic acids is 2. The summed E-state index contributed by atoms with van der Waals surface area (Å²) in [5.41, 5.74) is 2.80. The third kappa shape index (κ3) is 3.59. The largest absolute Gasteiger partial charge is 0.368 e. The molecule has 2 aliphatic rings. The monoisotopic (exact) mass is 395 g/mol. The molecule has 6 heteroatoms. The molecule has 0 atom stereocenters. The molecule has 0 bridgehead atoms. The lowest BCUT2D eigenvalue weighted by atomic mass is 10.0. The molecule has 4 rings (SSSR count). The number of nitrogens with one attached hydrogen (secondary N) is 1. The van der Waals surface area contributed by atoms with Gasteiger partial charge < -0.3 is 15.1 Å². The molecule has 5 nitrogen and oxygen atoms in total. The van der Waals surface area contributed by atoms with E-state index in [1.54, 1.807) is 17.0 Å². The van der Waals surface area contributed by atoms with Gasteiger partial charge in [0.2, 0.25) is 11.8 Å². The van der Waals surface area contributed by atoms with Crippen LogP contribution in [0.4, 0.5) is 15.8 Å². The van der Waals surface area contributed by atoms with Crippen molar-refractivity contribution in [1.29, 1.82) is 0 Å². The molecule has 1 aliphatic carbocycles. The Morgan fingerprint density at radius 1 is 0.966 bits per heavy atom. The molecule has 29 heavy (non-hydrogen) atoms. The average Bonchev–Trinajstić information content (AvgIpc) is 3.53. The average molecular weight is 395 g/mol. The van der Waals surface area contributed by atoms with Gasteiger partial charge in [0.15, 0.2) is 0 Å². The molecule has 2 amide bonds. The van der Waals surface area contributed by atoms with Crippen LogP contribution in [0.25, 0.3) is 0 Å². The molecular weight excluding hydrogens is 369 g/mol. The molecule has 1 N–H and O–H groups in total. The second kappa shape index (κ2) is 7.50. The summed E-state index contributed by atoms with van der Waals surface area (Å²) in [6, 6.07) is 12.3. The minimum absolute atomic E-state index is 0.122. The number of aryl methyl sites for hydroxylation is 1. The van der Waals surface area contributed by atoms with Crippen molar-refractivity contribution in [2.24, 2.45) is 5.41 Å². The lowest BCUT2D eigenvalue weighted by Crippen LogP contribution is -2.52. The van der Waals surface area contributed by atoms with Gasteiger partial charge in [0.25, 0.3) is 0 Å². The highest BCUT2D eigenvalue weighted by atomic mass is 19.1. The predicted molar refractivity (Wildman–Crippen MR) is 111 cm³/mol. The van der Waals surface area contributed by atoms with E-state index in [1.165, 1.54) is 28.9 Å². The van der Waals surface area contributed by atoms with E-state index < -0.39 is 17.1 Å². The molecule has 1 heterocycles. The molecule has 152 valence electrons. The minimum Gasteiger partial charge on any atom is -0.368 e. The summed E-state index contributed by atoms with van der Waals surface area (Å²) in [5.74, 6) is -1.03. The SMILES string of the molecule is Cc1cccc(N2CCN(C(=O)C3(C(=O)Nc4ccccc4F)CC3)CC2)c1C. The Bertz CT molecular complexity index is 947. The fraction of sp³-hybridized carbons (Fsp3) is 0.391. The van der Waals surface area contributed by atoms with Crippen molar-refractivity contribution in [3.05, 3.63) is 59.4 Å². The fourth-order valence-electron chi connectivity index (χ4n) is 4.00. The Balaban J connectivity index is 1.41. The second-order valence-corrected chi connectivity index (χ2v) is 8.01. The van der Waals surface area contributed by atoms with Crippen molar-refractivity contribution < 1.29 is 14.0 Å². The van der Waals surface area contributed by atoms with Gasteiger partial charge in [0.1, 0.15) is 11.2 Å². The molecule has 2 aromatic rings. The zero-order valence-electron chi connectivity index (χ0n) is 16.9. The quantitative estimate of drug-likeness (QED) is 0.806. The summed E-state index contributed by atoms with van der Waals surface area (Å²) in [7, 11) is 0. The van der Waals surface area contributed by atoms with E-state index in [0.29, 0.717) is 25.9 Å². The Kier molecular flexibility index (Phi) is 5.03. The molecule has 0 unspecified atom stereocenters. The standard InChI is InChI=1S/C23H26FN3O2/c1-16-6-5-9-20(17(16)2)26-12-14-27(15-13-26)22(29)23(10-11-23)21(28)25-19-8-4-3-7-18(19)24/h3-9H,10-15H2,1-2H3,(H,25,28). The van der Waals surface area contributed by atoms with Crippen LogP contribution in [-0.2, 0) is 9.59 Å². The van der Waals surface area contributed by atoms with Gasteiger partial charge in [-0.2, -0.15) is 0 Å². The number of rotatable bonds is 4.